The molecule has 2 aliphatic rings. The number of rotatable bonds is 6. The third kappa shape index (κ3) is 5.34. The first kappa shape index (κ1) is 28.5. The van der Waals surface area contributed by atoms with Crippen LogP contribution in [0.15, 0.2) is 42.0 Å². The summed E-state index contributed by atoms with van der Waals surface area (Å²) in [5, 5.41) is 13.7. The van der Waals surface area contributed by atoms with Gasteiger partial charge in [0.15, 0.2) is 0 Å². The second-order valence-electron chi connectivity index (χ2n) is 9.40. The van der Waals surface area contributed by atoms with Crippen molar-refractivity contribution in [3.63, 3.8) is 0 Å². The van der Waals surface area contributed by atoms with E-state index in [1.165, 1.54) is 22.8 Å². The number of aryl methyl sites for hydroxylation is 1. The van der Waals surface area contributed by atoms with E-state index in [0.717, 1.165) is 0 Å². The van der Waals surface area contributed by atoms with Crippen molar-refractivity contribution in [2.24, 2.45) is 0 Å². The molecule has 2 aromatic rings. The number of aromatic nitrogens is 1. The fourth-order valence-corrected chi connectivity index (χ4v) is 4.63. The molecule has 208 valence electrons. The lowest BCUT2D eigenvalue weighted by molar-refractivity contribution is -0.213. The minimum atomic E-state index is -5.46. The van der Waals surface area contributed by atoms with Gasteiger partial charge in [-0.3, -0.25) is 9.59 Å². The van der Waals surface area contributed by atoms with Gasteiger partial charge in [-0.2, -0.15) is 31.6 Å². The van der Waals surface area contributed by atoms with Gasteiger partial charge in [-0.05, 0) is 49.6 Å². The number of fused-ring (bicyclic) bond motifs is 1. The average molecular weight is 577 g/mol. The van der Waals surface area contributed by atoms with E-state index < -0.39 is 53.4 Å². The van der Waals surface area contributed by atoms with Gasteiger partial charge in [-0.15, -0.1) is 0 Å². The molecule has 2 atom stereocenters. The van der Waals surface area contributed by atoms with Gasteiger partial charge in [-0.25, -0.2) is 4.39 Å². The predicted molar refractivity (Wildman–Crippen MR) is 127 cm³/mol. The number of nitrogens with zero attached hydrogens (tertiary/aromatic N) is 2. The highest BCUT2D eigenvalue weighted by Gasteiger charge is 2.57. The van der Waals surface area contributed by atoms with Crippen LogP contribution in [0.5, 0.6) is 0 Å². The molecule has 0 saturated heterocycles. The van der Waals surface area contributed by atoms with Gasteiger partial charge < -0.3 is 15.2 Å². The van der Waals surface area contributed by atoms with Gasteiger partial charge in [-0.1, -0.05) is 23.8 Å². The summed E-state index contributed by atoms with van der Waals surface area (Å²) in [6, 6.07) is 2.96. The van der Waals surface area contributed by atoms with Crippen molar-refractivity contribution in [3.8, 4) is 6.07 Å². The molecule has 2 N–H and O–H groups in total. The van der Waals surface area contributed by atoms with Crippen LogP contribution in [0, 0.1) is 11.3 Å². The normalized spacial score (nSPS) is 21.2. The Balaban J connectivity index is 1.67. The number of carbonyl (C=O) groups excluding carboxylic acids is 2. The van der Waals surface area contributed by atoms with Crippen LogP contribution >= 0.6 is 11.6 Å². The zero-order valence-corrected chi connectivity index (χ0v) is 20.9. The van der Waals surface area contributed by atoms with Crippen LogP contribution in [0.3, 0.4) is 0 Å². The summed E-state index contributed by atoms with van der Waals surface area (Å²) in [6.07, 6.45) is -10.1. The maximum atomic E-state index is 14.5. The van der Waals surface area contributed by atoms with Crippen LogP contribution in [0.4, 0.5) is 30.7 Å². The van der Waals surface area contributed by atoms with E-state index in [4.69, 9.17) is 11.6 Å². The minimum Gasteiger partial charge on any atom is -0.337 e. The minimum absolute atomic E-state index is 0.0235. The molecule has 2 amide bonds. The molecular weight excluding hydrogens is 557 g/mol. The molecule has 1 aromatic heterocycles. The maximum absolute atomic E-state index is 14.5. The molecule has 4 rings (SSSR count). The van der Waals surface area contributed by atoms with Crippen LogP contribution < -0.4 is 10.6 Å². The molecule has 0 aliphatic heterocycles. The highest BCUT2D eigenvalue weighted by Crippen LogP contribution is 2.44. The van der Waals surface area contributed by atoms with Crippen LogP contribution in [0.2, 0.25) is 5.02 Å². The lowest BCUT2D eigenvalue weighted by Gasteiger charge is -2.32. The number of alkyl halides is 7. The maximum Gasteiger partial charge on any atom is 0.426 e. The molecule has 2 unspecified atom stereocenters. The Morgan fingerprint density at radius 2 is 1.82 bits per heavy atom. The van der Waals surface area contributed by atoms with Crippen LogP contribution in [0.25, 0.3) is 10.9 Å². The van der Waals surface area contributed by atoms with E-state index in [1.807, 2.05) is 6.07 Å². The number of amides is 2. The summed E-state index contributed by atoms with van der Waals surface area (Å²) in [7, 11) is 0. The third-order valence-electron chi connectivity index (χ3n) is 6.68. The Morgan fingerprint density at radius 1 is 1.15 bits per heavy atom. The smallest absolute Gasteiger partial charge is 0.337 e. The van der Waals surface area contributed by atoms with E-state index in [0.29, 0.717) is 30.5 Å². The van der Waals surface area contributed by atoms with Crippen molar-refractivity contribution < 1.29 is 40.3 Å². The zero-order valence-electron chi connectivity index (χ0n) is 20.1. The standard InChI is InChI=1S/C25H20ClF7N4O2/c1-2-37-17-10-16(26)15(20(38)36-22(12-34)6-7-22)8-14(17)9-18(37)21(39)35-19(24(28,29)30)13-4-3-5-23(27,11-13)25(31,32)33/h3-5,8-10,19H,2,6-7,11H2,1H3,(H,35,39)(H,36,38). The second kappa shape index (κ2) is 9.59. The molecule has 0 bridgehead atoms. The molecule has 0 spiro atoms. The van der Waals surface area contributed by atoms with Crippen molar-refractivity contribution in [2.75, 3.05) is 0 Å². The van der Waals surface area contributed by atoms with Crippen molar-refractivity contribution in [1.82, 2.24) is 15.2 Å². The van der Waals surface area contributed by atoms with Crippen LogP contribution in [-0.2, 0) is 6.54 Å². The highest BCUT2D eigenvalue weighted by molar-refractivity contribution is 6.34. The highest BCUT2D eigenvalue weighted by atomic mass is 35.5. The molecule has 1 fully saturated rings. The average Bonchev–Trinajstić information content (AvgIpc) is 3.52. The number of benzene rings is 1. The largest absolute Gasteiger partial charge is 0.426 e. The van der Waals surface area contributed by atoms with Crippen molar-refractivity contribution in [3.05, 3.63) is 58.3 Å². The van der Waals surface area contributed by atoms with Gasteiger partial charge in [0, 0.05) is 18.4 Å². The summed E-state index contributed by atoms with van der Waals surface area (Å²) in [6.45, 7) is 1.67. The second-order valence-corrected chi connectivity index (χ2v) is 9.81. The number of nitriles is 1. The SMILES string of the molecule is CCn1c(C(=O)NC(C2=CC=CC(F)(C(F)(F)F)C2)C(F)(F)F)cc2cc(C(=O)NC3(C#N)CC3)c(Cl)cc21. The van der Waals surface area contributed by atoms with Gasteiger partial charge in [0.2, 0.25) is 5.67 Å². The summed E-state index contributed by atoms with van der Waals surface area (Å²) >= 11 is 6.27. The number of nitrogens with one attached hydrogen (secondary N) is 2. The van der Waals surface area contributed by atoms with E-state index in [-0.39, 0.29) is 34.3 Å². The Morgan fingerprint density at radius 3 is 2.36 bits per heavy atom. The van der Waals surface area contributed by atoms with Gasteiger partial charge in [0.1, 0.15) is 17.3 Å². The molecule has 0 radical (unpaired) electrons. The molecular formula is C25H20ClF7N4O2. The molecule has 1 heterocycles. The number of hydrogen-bond acceptors (Lipinski definition) is 3. The topological polar surface area (TPSA) is 86.9 Å². The summed E-state index contributed by atoms with van der Waals surface area (Å²) in [4.78, 5) is 25.7. The van der Waals surface area contributed by atoms with E-state index in [1.54, 1.807) is 12.2 Å². The molecule has 6 nitrogen and oxygen atoms in total. The Hall–Kier alpha value is -3.53. The summed E-state index contributed by atoms with van der Waals surface area (Å²) < 4.78 is 97.0. The third-order valence-corrected chi connectivity index (χ3v) is 6.99. The Labute approximate surface area is 222 Å². The van der Waals surface area contributed by atoms with E-state index in [2.05, 4.69) is 5.32 Å². The van der Waals surface area contributed by atoms with Crippen molar-refractivity contribution >= 4 is 34.3 Å². The number of halogens is 8. The lowest BCUT2D eigenvalue weighted by atomic mass is 9.87. The van der Waals surface area contributed by atoms with Crippen molar-refractivity contribution in [2.45, 2.75) is 62.3 Å². The van der Waals surface area contributed by atoms with Gasteiger partial charge in [0.25, 0.3) is 11.8 Å². The molecule has 14 heteroatoms. The monoisotopic (exact) mass is 576 g/mol. The Bertz CT molecular complexity index is 1450. The molecule has 1 saturated carbocycles. The number of allylic oxidation sites excluding steroid dienone is 3. The quantitative estimate of drug-likeness (QED) is 0.419. The first-order chi connectivity index (χ1) is 18.0. The summed E-state index contributed by atoms with van der Waals surface area (Å²) in [5.74, 6) is -1.93. The number of hydrogen-bond donors (Lipinski definition) is 2. The molecule has 1 aromatic carbocycles. The fourth-order valence-electron chi connectivity index (χ4n) is 4.38. The van der Waals surface area contributed by atoms with E-state index in [9.17, 15) is 45.6 Å². The Kier molecular flexibility index (Phi) is 7.00. The molecule has 39 heavy (non-hydrogen) atoms. The summed E-state index contributed by atoms with van der Waals surface area (Å²) in [5.41, 5.74) is -6.04. The van der Waals surface area contributed by atoms with Crippen LogP contribution in [0.1, 0.15) is 47.0 Å². The van der Waals surface area contributed by atoms with Gasteiger partial charge in [0.05, 0.1) is 22.2 Å². The first-order valence-corrected chi connectivity index (χ1v) is 12.0. The predicted octanol–water partition coefficient (Wildman–Crippen LogP) is 5.92. The fraction of sp³-hybridized carbons (Fsp3) is 0.400. The zero-order chi connectivity index (χ0) is 29.0. The van der Waals surface area contributed by atoms with Gasteiger partial charge >= 0.3 is 12.4 Å². The lowest BCUT2D eigenvalue weighted by Crippen LogP contribution is -2.50. The van der Waals surface area contributed by atoms with Crippen molar-refractivity contribution in [1.29, 1.82) is 5.26 Å². The first-order valence-electron chi connectivity index (χ1n) is 11.6. The van der Waals surface area contributed by atoms with E-state index >= 15 is 0 Å². The van der Waals surface area contributed by atoms with Crippen LogP contribution in [-0.4, -0.2) is 46.0 Å². The number of carbonyl (C=O) groups is 2. The molecule has 2 aliphatic carbocycles.